The predicted octanol–water partition coefficient (Wildman–Crippen LogP) is 2.46. The molecule has 4 heteroatoms. The molecule has 1 aromatic heterocycles. The molecular formula is C14H19N3O. The molecule has 1 aromatic carbocycles. The summed E-state index contributed by atoms with van der Waals surface area (Å²) in [6.07, 6.45) is 4.64. The molecule has 18 heavy (non-hydrogen) atoms. The lowest BCUT2D eigenvalue weighted by molar-refractivity contribution is 0.406. The molecule has 2 N–H and O–H groups in total. The summed E-state index contributed by atoms with van der Waals surface area (Å²) in [5.74, 6) is 1.84. The van der Waals surface area contributed by atoms with Gasteiger partial charge in [-0.05, 0) is 19.1 Å². The molecule has 0 fully saturated rings. The summed E-state index contributed by atoms with van der Waals surface area (Å²) in [6, 6.07) is 5.86. The SMILES string of the molecule is CCc1nccn1-c1cccc(OC)c1C(C)N. The molecule has 0 spiro atoms. The first-order chi connectivity index (χ1) is 8.69. The zero-order chi connectivity index (χ0) is 13.1. The molecule has 2 aromatic rings. The van der Waals surface area contributed by atoms with Gasteiger partial charge in [-0.2, -0.15) is 0 Å². The van der Waals surface area contributed by atoms with Crippen molar-refractivity contribution in [2.75, 3.05) is 7.11 Å². The Bertz CT molecular complexity index is 532. The first kappa shape index (κ1) is 12.6. The Labute approximate surface area is 107 Å². The third-order valence-corrected chi connectivity index (χ3v) is 3.01. The van der Waals surface area contributed by atoms with Crippen LogP contribution in [0.3, 0.4) is 0 Å². The zero-order valence-corrected chi connectivity index (χ0v) is 11.1. The number of aromatic nitrogens is 2. The van der Waals surface area contributed by atoms with Gasteiger partial charge < -0.3 is 15.0 Å². The Morgan fingerprint density at radius 1 is 1.44 bits per heavy atom. The van der Waals surface area contributed by atoms with Gasteiger partial charge in [0.25, 0.3) is 0 Å². The number of nitrogens with zero attached hydrogens (tertiary/aromatic N) is 2. The van der Waals surface area contributed by atoms with Gasteiger partial charge in [0.15, 0.2) is 0 Å². The third kappa shape index (κ3) is 2.11. The number of methoxy groups -OCH3 is 1. The molecule has 4 nitrogen and oxygen atoms in total. The largest absolute Gasteiger partial charge is 0.496 e. The fourth-order valence-electron chi connectivity index (χ4n) is 2.19. The maximum atomic E-state index is 6.07. The van der Waals surface area contributed by atoms with Crippen molar-refractivity contribution in [3.8, 4) is 11.4 Å². The number of ether oxygens (including phenoxy) is 1. The highest BCUT2D eigenvalue weighted by atomic mass is 16.5. The van der Waals surface area contributed by atoms with Gasteiger partial charge in [-0.25, -0.2) is 4.98 Å². The van der Waals surface area contributed by atoms with Crippen LogP contribution in [0, 0.1) is 0 Å². The monoisotopic (exact) mass is 245 g/mol. The predicted molar refractivity (Wildman–Crippen MR) is 72.1 cm³/mol. The highest BCUT2D eigenvalue weighted by Crippen LogP contribution is 2.30. The normalized spacial score (nSPS) is 12.4. The molecule has 2 rings (SSSR count). The number of aryl methyl sites for hydroxylation is 1. The van der Waals surface area contributed by atoms with Crippen molar-refractivity contribution in [2.24, 2.45) is 5.73 Å². The van der Waals surface area contributed by atoms with Crippen LogP contribution in [0.2, 0.25) is 0 Å². The van der Waals surface area contributed by atoms with Crippen LogP contribution < -0.4 is 10.5 Å². The van der Waals surface area contributed by atoms with E-state index in [-0.39, 0.29) is 6.04 Å². The van der Waals surface area contributed by atoms with Crippen LogP contribution in [0.1, 0.15) is 31.3 Å². The third-order valence-electron chi connectivity index (χ3n) is 3.01. The number of benzene rings is 1. The number of hydrogen-bond acceptors (Lipinski definition) is 3. The lowest BCUT2D eigenvalue weighted by atomic mass is 10.0. The van der Waals surface area contributed by atoms with E-state index >= 15 is 0 Å². The van der Waals surface area contributed by atoms with Gasteiger partial charge in [0.05, 0.1) is 12.8 Å². The van der Waals surface area contributed by atoms with E-state index < -0.39 is 0 Å². The summed E-state index contributed by atoms with van der Waals surface area (Å²) in [4.78, 5) is 4.35. The van der Waals surface area contributed by atoms with Crippen molar-refractivity contribution in [1.82, 2.24) is 9.55 Å². The first-order valence-corrected chi connectivity index (χ1v) is 6.14. The van der Waals surface area contributed by atoms with Crippen LogP contribution in [0.5, 0.6) is 5.75 Å². The van der Waals surface area contributed by atoms with Crippen molar-refractivity contribution >= 4 is 0 Å². The summed E-state index contributed by atoms with van der Waals surface area (Å²) in [6.45, 7) is 4.05. The van der Waals surface area contributed by atoms with Crippen LogP contribution in [0.4, 0.5) is 0 Å². The smallest absolute Gasteiger partial charge is 0.125 e. The van der Waals surface area contributed by atoms with Gasteiger partial charge in [-0.15, -0.1) is 0 Å². The lowest BCUT2D eigenvalue weighted by Gasteiger charge is -2.18. The van der Waals surface area contributed by atoms with Gasteiger partial charge in [-0.1, -0.05) is 13.0 Å². The Balaban J connectivity index is 2.64. The van der Waals surface area contributed by atoms with Crippen molar-refractivity contribution in [1.29, 1.82) is 0 Å². The fourth-order valence-corrected chi connectivity index (χ4v) is 2.19. The Kier molecular flexibility index (Phi) is 3.67. The molecule has 0 aliphatic carbocycles. The molecule has 96 valence electrons. The van der Waals surface area contributed by atoms with Gasteiger partial charge in [0, 0.05) is 30.4 Å². The Hall–Kier alpha value is -1.81. The van der Waals surface area contributed by atoms with Crippen LogP contribution in [-0.4, -0.2) is 16.7 Å². The van der Waals surface area contributed by atoms with Crippen LogP contribution in [0.15, 0.2) is 30.6 Å². The minimum Gasteiger partial charge on any atom is -0.496 e. The number of nitrogens with two attached hydrogens (primary N) is 1. The standard InChI is InChI=1S/C14H19N3O/c1-4-13-16-8-9-17(13)11-6-5-7-12(18-3)14(11)10(2)15/h5-10H,4,15H2,1-3H3. The average molecular weight is 245 g/mol. The van der Waals surface area contributed by atoms with Gasteiger partial charge in [0.1, 0.15) is 11.6 Å². The summed E-state index contributed by atoms with van der Waals surface area (Å²) >= 11 is 0. The lowest BCUT2D eigenvalue weighted by Crippen LogP contribution is -2.12. The summed E-state index contributed by atoms with van der Waals surface area (Å²) < 4.78 is 7.48. The number of hydrogen-bond donors (Lipinski definition) is 1. The topological polar surface area (TPSA) is 53.1 Å². The molecule has 0 aliphatic heterocycles. The quantitative estimate of drug-likeness (QED) is 0.900. The van der Waals surface area contributed by atoms with E-state index in [2.05, 4.69) is 16.5 Å². The van der Waals surface area contributed by atoms with Gasteiger partial charge >= 0.3 is 0 Å². The zero-order valence-electron chi connectivity index (χ0n) is 11.1. The van der Waals surface area contributed by atoms with Crippen LogP contribution >= 0.6 is 0 Å². The van der Waals surface area contributed by atoms with E-state index in [9.17, 15) is 0 Å². The minimum atomic E-state index is -0.0942. The van der Waals surface area contributed by atoms with Gasteiger partial charge in [0.2, 0.25) is 0 Å². The average Bonchev–Trinajstić information content (AvgIpc) is 2.85. The van der Waals surface area contributed by atoms with Crippen LogP contribution in [0.25, 0.3) is 5.69 Å². The molecule has 0 amide bonds. The second kappa shape index (κ2) is 5.23. The van der Waals surface area contributed by atoms with E-state index in [0.717, 1.165) is 29.2 Å². The van der Waals surface area contributed by atoms with Crippen molar-refractivity contribution < 1.29 is 4.74 Å². The molecule has 0 radical (unpaired) electrons. The van der Waals surface area contributed by atoms with Crippen molar-refractivity contribution in [3.05, 3.63) is 42.0 Å². The van der Waals surface area contributed by atoms with Crippen molar-refractivity contribution in [2.45, 2.75) is 26.3 Å². The molecular weight excluding hydrogens is 226 g/mol. The molecule has 0 aliphatic rings. The molecule has 1 heterocycles. The van der Waals surface area contributed by atoms with Crippen molar-refractivity contribution in [3.63, 3.8) is 0 Å². The Morgan fingerprint density at radius 2 is 2.22 bits per heavy atom. The van der Waals surface area contributed by atoms with E-state index in [4.69, 9.17) is 10.5 Å². The van der Waals surface area contributed by atoms with E-state index in [1.54, 1.807) is 7.11 Å². The maximum Gasteiger partial charge on any atom is 0.125 e. The molecule has 0 bridgehead atoms. The minimum absolute atomic E-state index is 0.0942. The second-order valence-corrected chi connectivity index (χ2v) is 4.25. The van der Waals surface area contributed by atoms with E-state index in [1.165, 1.54) is 0 Å². The number of rotatable bonds is 4. The maximum absolute atomic E-state index is 6.07. The molecule has 0 saturated heterocycles. The van der Waals surface area contributed by atoms with E-state index in [1.807, 2.05) is 37.5 Å². The second-order valence-electron chi connectivity index (χ2n) is 4.25. The van der Waals surface area contributed by atoms with E-state index in [0.29, 0.717) is 0 Å². The number of imidazole rings is 1. The van der Waals surface area contributed by atoms with Gasteiger partial charge in [-0.3, -0.25) is 0 Å². The summed E-state index contributed by atoms with van der Waals surface area (Å²) in [7, 11) is 1.67. The summed E-state index contributed by atoms with van der Waals surface area (Å²) in [5.41, 5.74) is 8.12. The molecule has 1 atom stereocenters. The van der Waals surface area contributed by atoms with Crippen LogP contribution in [-0.2, 0) is 6.42 Å². The highest BCUT2D eigenvalue weighted by molar-refractivity contribution is 5.52. The Morgan fingerprint density at radius 3 is 2.83 bits per heavy atom. The molecule has 0 saturated carbocycles. The molecule has 1 unspecified atom stereocenters. The highest BCUT2D eigenvalue weighted by Gasteiger charge is 2.15. The summed E-state index contributed by atoms with van der Waals surface area (Å²) in [5, 5.41) is 0. The fraction of sp³-hybridized carbons (Fsp3) is 0.357. The first-order valence-electron chi connectivity index (χ1n) is 6.14.